The van der Waals surface area contributed by atoms with E-state index in [2.05, 4.69) is 4.74 Å². The largest absolute Gasteiger partial charge is 0.453 e. The average Bonchev–Trinajstić information content (AvgIpc) is 2.22. The van der Waals surface area contributed by atoms with Gasteiger partial charge in [-0.3, -0.25) is 0 Å². The lowest BCUT2D eigenvalue weighted by Crippen LogP contribution is -2.38. The van der Waals surface area contributed by atoms with Crippen LogP contribution >= 0.6 is 0 Å². The zero-order valence-corrected chi connectivity index (χ0v) is 9.23. The van der Waals surface area contributed by atoms with E-state index in [-0.39, 0.29) is 6.61 Å². The third kappa shape index (κ3) is 5.13. The maximum absolute atomic E-state index is 12.4. The van der Waals surface area contributed by atoms with E-state index in [9.17, 15) is 22.0 Å². The molecule has 3 nitrogen and oxygen atoms in total. The molecule has 104 valence electrons. The number of hydrogen-bond donors (Lipinski definition) is 2. The molecule has 0 fully saturated rings. The number of hydrogen-bond acceptors (Lipinski definition) is 3. The molecule has 0 atom stereocenters. The molecule has 0 rings (SSSR count). The van der Waals surface area contributed by atoms with Gasteiger partial charge in [0.1, 0.15) is 0 Å². The second-order valence-corrected chi connectivity index (χ2v) is 4.13. The fraction of sp³-hybridized carbons (Fsp3) is 1.00. The standard InChI is InChI=1S/C9H15F5O3/c1-7(4-15,5-16)6-17-3-2-8(10,11)9(12,13)14/h15-16H,2-6H2,1H3. The van der Waals surface area contributed by atoms with Gasteiger partial charge in [-0.15, -0.1) is 0 Å². The summed E-state index contributed by atoms with van der Waals surface area (Å²) < 4.78 is 64.7. The van der Waals surface area contributed by atoms with Crippen LogP contribution in [0, 0.1) is 5.41 Å². The molecule has 0 saturated carbocycles. The van der Waals surface area contributed by atoms with Crippen molar-refractivity contribution in [3.63, 3.8) is 0 Å². The Bertz CT molecular complexity index is 225. The molecule has 0 aliphatic carbocycles. The van der Waals surface area contributed by atoms with Crippen LogP contribution < -0.4 is 0 Å². The Morgan fingerprint density at radius 3 is 1.82 bits per heavy atom. The molecule has 0 radical (unpaired) electrons. The Morgan fingerprint density at radius 2 is 1.47 bits per heavy atom. The molecule has 0 aliphatic heterocycles. The third-order valence-corrected chi connectivity index (χ3v) is 2.19. The summed E-state index contributed by atoms with van der Waals surface area (Å²) in [4.78, 5) is 0. The van der Waals surface area contributed by atoms with Crippen LogP contribution in [-0.2, 0) is 4.74 Å². The lowest BCUT2D eigenvalue weighted by Gasteiger charge is -2.25. The molecule has 0 unspecified atom stereocenters. The maximum atomic E-state index is 12.4. The Balaban J connectivity index is 4.01. The highest BCUT2D eigenvalue weighted by Gasteiger charge is 2.56. The summed E-state index contributed by atoms with van der Waals surface area (Å²) in [6.45, 7) is -0.608. The number of alkyl halides is 5. The molecular formula is C9H15F5O3. The molecule has 0 bridgehead atoms. The highest BCUT2D eigenvalue weighted by atomic mass is 19.4. The van der Waals surface area contributed by atoms with Crippen LogP contribution in [0.15, 0.2) is 0 Å². The Kier molecular flexibility index (Phi) is 5.76. The number of ether oxygens (including phenoxy) is 1. The average molecular weight is 266 g/mol. The van der Waals surface area contributed by atoms with Crippen molar-refractivity contribution in [1.82, 2.24) is 0 Å². The summed E-state index contributed by atoms with van der Waals surface area (Å²) in [5.41, 5.74) is -1.05. The first-order valence-electron chi connectivity index (χ1n) is 4.82. The van der Waals surface area contributed by atoms with Crippen LogP contribution in [0.2, 0.25) is 0 Å². The second-order valence-electron chi connectivity index (χ2n) is 4.13. The van der Waals surface area contributed by atoms with Gasteiger partial charge < -0.3 is 14.9 Å². The lowest BCUT2D eigenvalue weighted by molar-refractivity contribution is -0.287. The molecule has 0 aromatic rings. The van der Waals surface area contributed by atoms with E-state index in [1.807, 2.05) is 0 Å². The van der Waals surface area contributed by atoms with Crippen molar-refractivity contribution in [2.75, 3.05) is 26.4 Å². The van der Waals surface area contributed by atoms with Gasteiger partial charge in [0, 0.05) is 11.8 Å². The minimum atomic E-state index is -5.59. The molecule has 17 heavy (non-hydrogen) atoms. The smallest absolute Gasteiger partial charge is 0.396 e. The number of aliphatic hydroxyl groups is 2. The van der Waals surface area contributed by atoms with E-state index >= 15 is 0 Å². The molecule has 0 heterocycles. The van der Waals surface area contributed by atoms with Crippen molar-refractivity contribution in [3.8, 4) is 0 Å². The summed E-state index contributed by atoms with van der Waals surface area (Å²) in [7, 11) is 0. The first-order valence-corrected chi connectivity index (χ1v) is 4.82. The molecule has 0 spiro atoms. The molecule has 0 aliphatic rings. The quantitative estimate of drug-likeness (QED) is 0.543. The van der Waals surface area contributed by atoms with Crippen LogP contribution in [0.5, 0.6) is 0 Å². The first-order chi connectivity index (χ1) is 7.58. The summed E-state index contributed by atoms with van der Waals surface area (Å²) in [5.74, 6) is -4.79. The van der Waals surface area contributed by atoms with E-state index in [4.69, 9.17) is 10.2 Å². The van der Waals surface area contributed by atoms with Gasteiger partial charge >= 0.3 is 12.1 Å². The summed E-state index contributed by atoms with van der Waals surface area (Å²) in [6, 6.07) is 0. The molecule has 2 N–H and O–H groups in total. The number of halogens is 5. The lowest BCUT2D eigenvalue weighted by atomic mass is 9.94. The van der Waals surface area contributed by atoms with Gasteiger partial charge in [-0.2, -0.15) is 22.0 Å². The highest BCUT2D eigenvalue weighted by Crippen LogP contribution is 2.37. The predicted molar refractivity (Wildman–Crippen MR) is 48.7 cm³/mol. The molecule has 0 amide bonds. The zero-order chi connectivity index (χ0) is 13.7. The van der Waals surface area contributed by atoms with Crippen LogP contribution in [-0.4, -0.2) is 48.7 Å². The molecular weight excluding hydrogens is 251 g/mol. The van der Waals surface area contributed by atoms with Gasteiger partial charge in [0.25, 0.3) is 0 Å². The van der Waals surface area contributed by atoms with Crippen molar-refractivity contribution in [1.29, 1.82) is 0 Å². The van der Waals surface area contributed by atoms with Crippen LogP contribution in [0.4, 0.5) is 22.0 Å². The fourth-order valence-corrected chi connectivity index (χ4v) is 0.802. The molecule has 8 heteroatoms. The maximum Gasteiger partial charge on any atom is 0.453 e. The normalized spacial score (nSPS) is 14.1. The van der Waals surface area contributed by atoms with Gasteiger partial charge in [-0.1, -0.05) is 6.92 Å². The van der Waals surface area contributed by atoms with E-state index in [1.54, 1.807) is 0 Å². The van der Waals surface area contributed by atoms with Crippen molar-refractivity contribution < 1.29 is 36.9 Å². The minimum Gasteiger partial charge on any atom is -0.396 e. The molecule has 0 aromatic carbocycles. The van der Waals surface area contributed by atoms with Crippen LogP contribution in [0.25, 0.3) is 0 Å². The van der Waals surface area contributed by atoms with Crippen molar-refractivity contribution >= 4 is 0 Å². The zero-order valence-electron chi connectivity index (χ0n) is 9.23. The van der Waals surface area contributed by atoms with Crippen molar-refractivity contribution in [2.45, 2.75) is 25.4 Å². The summed E-state index contributed by atoms with van der Waals surface area (Å²) in [6.07, 6.45) is -7.07. The Hall–Kier alpha value is -0.470. The third-order valence-electron chi connectivity index (χ3n) is 2.19. The van der Waals surface area contributed by atoms with E-state index in [0.29, 0.717) is 0 Å². The second kappa shape index (κ2) is 5.92. The van der Waals surface area contributed by atoms with E-state index in [1.165, 1.54) is 6.92 Å². The Morgan fingerprint density at radius 1 is 1.00 bits per heavy atom. The molecule has 0 aromatic heterocycles. The molecule has 0 saturated heterocycles. The van der Waals surface area contributed by atoms with Gasteiger partial charge in [0.15, 0.2) is 0 Å². The Labute approximate surface area is 95.2 Å². The minimum absolute atomic E-state index is 0.298. The topological polar surface area (TPSA) is 49.7 Å². The SMILES string of the molecule is CC(CO)(CO)COCCC(F)(F)C(F)(F)F. The van der Waals surface area contributed by atoms with Gasteiger partial charge in [0.05, 0.1) is 26.4 Å². The summed E-state index contributed by atoms with van der Waals surface area (Å²) >= 11 is 0. The van der Waals surface area contributed by atoms with E-state index in [0.717, 1.165) is 0 Å². The van der Waals surface area contributed by atoms with Crippen LogP contribution in [0.1, 0.15) is 13.3 Å². The van der Waals surface area contributed by atoms with Crippen molar-refractivity contribution in [3.05, 3.63) is 0 Å². The first kappa shape index (κ1) is 16.5. The van der Waals surface area contributed by atoms with Crippen molar-refractivity contribution in [2.24, 2.45) is 5.41 Å². The van der Waals surface area contributed by atoms with Gasteiger partial charge in [0.2, 0.25) is 0 Å². The number of rotatable bonds is 7. The van der Waals surface area contributed by atoms with Gasteiger partial charge in [-0.05, 0) is 0 Å². The summed E-state index contributed by atoms with van der Waals surface area (Å²) in [5, 5.41) is 17.6. The predicted octanol–water partition coefficient (Wildman–Crippen LogP) is 1.58. The van der Waals surface area contributed by atoms with E-state index < -0.39 is 43.8 Å². The van der Waals surface area contributed by atoms with Crippen LogP contribution in [0.3, 0.4) is 0 Å². The monoisotopic (exact) mass is 266 g/mol. The fourth-order valence-electron chi connectivity index (χ4n) is 0.802. The van der Waals surface area contributed by atoms with Gasteiger partial charge in [-0.25, -0.2) is 0 Å². The highest BCUT2D eigenvalue weighted by molar-refractivity contribution is 4.76. The number of aliphatic hydroxyl groups excluding tert-OH is 2.